The fourth-order valence-corrected chi connectivity index (χ4v) is 5.77. The van der Waals surface area contributed by atoms with Crippen molar-refractivity contribution >= 4 is 27.5 Å². The number of nitrogens with one attached hydrogen (secondary N) is 1. The second-order valence-corrected chi connectivity index (χ2v) is 12.3. The number of carbonyl (C=O) groups is 1. The molecule has 40 heavy (non-hydrogen) atoms. The number of rotatable bonds is 23. The van der Waals surface area contributed by atoms with E-state index in [2.05, 4.69) is 12.2 Å². The molecule has 2 unspecified atom stereocenters. The first kappa shape index (κ1) is 34.0. The Morgan fingerprint density at radius 1 is 0.900 bits per heavy atom. The molecule has 2 rings (SSSR count). The van der Waals surface area contributed by atoms with Crippen LogP contribution in [0.3, 0.4) is 0 Å². The summed E-state index contributed by atoms with van der Waals surface area (Å²) in [5.74, 6) is -0.0215. The molecule has 0 aromatic heterocycles. The Morgan fingerprint density at radius 3 is 2.02 bits per heavy atom. The molecular formula is C32H51NO6S. The van der Waals surface area contributed by atoms with Gasteiger partial charge in [0.25, 0.3) is 5.91 Å². The van der Waals surface area contributed by atoms with Crippen molar-refractivity contribution in [1.29, 1.82) is 0 Å². The predicted octanol–water partition coefficient (Wildman–Crippen LogP) is 6.24. The minimum atomic E-state index is -1.35. The van der Waals surface area contributed by atoms with Crippen LogP contribution >= 0.6 is 0 Å². The normalized spacial score (nSPS) is 12.9. The number of fused-ring (bicyclic) bond motifs is 1. The van der Waals surface area contributed by atoms with Gasteiger partial charge < -0.3 is 25.4 Å². The van der Waals surface area contributed by atoms with Crippen LogP contribution in [-0.2, 0) is 10.8 Å². The highest BCUT2D eigenvalue weighted by molar-refractivity contribution is 7.85. The van der Waals surface area contributed by atoms with Gasteiger partial charge in [-0.15, -0.1) is 0 Å². The maximum absolute atomic E-state index is 12.9. The first-order valence-electron chi connectivity index (χ1n) is 15.3. The Bertz CT molecular complexity index is 1010. The summed E-state index contributed by atoms with van der Waals surface area (Å²) in [5, 5.41) is 33.9. The Morgan fingerprint density at radius 2 is 1.45 bits per heavy atom. The van der Waals surface area contributed by atoms with Gasteiger partial charge in [-0.1, -0.05) is 115 Å². The Kier molecular flexibility index (Phi) is 17.6. The zero-order valence-corrected chi connectivity index (χ0v) is 25.2. The van der Waals surface area contributed by atoms with Crippen LogP contribution in [0, 0.1) is 0 Å². The third-order valence-corrected chi connectivity index (χ3v) is 8.56. The van der Waals surface area contributed by atoms with Gasteiger partial charge in [0.1, 0.15) is 18.1 Å². The fraction of sp³-hybridized carbons (Fsp3) is 0.656. The zero-order valence-electron chi connectivity index (χ0n) is 24.4. The standard InChI is InChI=1S/C32H51NO6S/c1-2-3-4-5-6-7-8-9-10-11-12-13-14-17-20-33-32(37)29-23-30(27-18-15-16-19-28(27)31(29)36)39-24-26(35)25-40(38)22-21-34/h15-16,18-19,23,26,34-36H,2-14,17,20-22,24-25H2,1H3,(H,33,37). The van der Waals surface area contributed by atoms with Gasteiger partial charge in [0.05, 0.1) is 24.0 Å². The van der Waals surface area contributed by atoms with E-state index in [9.17, 15) is 19.2 Å². The summed E-state index contributed by atoms with van der Waals surface area (Å²) in [6, 6.07) is 8.56. The number of phenolic OH excluding ortho intramolecular Hbond substituents is 1. The van der Waals surface area contributed by atoms with E-state index in [1.165, 1.54) is 76.7 Å². The quantitative estimate of drug-likeness (QED) is 0.116. The lowest BCUT2D eigenvalue weighted by Gasteiger charge is -2.16. The van der Waals surface area contributed by atoms with Crippen molar-refractivity contribution < 1.29 is 29.1 Å². The van der Waals surface area contributed by atoms with E-state index < -0.39 is 16.9 Å². The van der Waals surface area contributed by atoms with Crippen LogP contribution in [-0.4, -0.2) is 62.8 Å². The molecule has 0 fully saturated rings. The van der Waals surface area contributed by atoms with Gasteiger partial charge in [0.2, 0.25) is 0 Å². The van der Waals surface area contributed by atoms with Crippen molar-refractivity contribution in [2.75, 3.05) is 31.3 Å². The van der Waals surface area contributed by atoms with Gasteiger partial charge in [-0.25, -0.2) is 0 Å². The van der Waals surface area contributed by atoms with Crippen molar-refractivity contribution in [3.05, 3.63) is 35.9 Å². The van der Waals surface area contributed by atoms with Crippen molar-refractivity contribution in [3.63, 3.8) is 0 Å². The fourth-order valence-electron chi connectivity index (χ4n) is 4.87. The number of carbonyl (C=O) groups excluding carboxylic acids is 1. The number of aliphatic hydroxyl groups is 2. The van der Waals surface area contributed by atoms with Crippen molar-refractivity contribution in [2.24, 2.45) is 0 Å². The summed E-state index contributed by atoms with van der Waals surface area (Å²) in [5.41, 5.74) is 0.123. The van der Waals surface area contributed by atoms with Crippen molar-refractivity contribution in [2.45, 2.75) is 103 Å². The van der Waals surface area contributed by atoms with E-state index in [0.29, 0.717) is 23.1 Å². The Labute approximate surface area is 243 Å². The average molecular weight is 578 g/mol. The molecule has 0 saturated carbocycles. The summed E-state index contributed by atoms with van der Waals surface area (Å²) in [6.45, 7) is 2.47. The summed E-state index contributed by atoms with van der Waals surface area (Å²) in [4.78, 5) is 12.9. The molecule has 0 aliphatic carbocycles. The maximum atomic E-state index is 12.9. The summed E-state index contributed by atoms with van der Waals surface area (Å²) >= 11 is 0. The number of unbranched alkanes of at least 4 members (excludes halogenated alkanes) is 13. The number of hydrogen-bond donors (Lipinski definition) is 4. The highest BCUT2D eigenvalue weighted by Crippen LogP contribution is 2.36. The molecular weight excluding hydrogens is 526 g/mol. The molecule has 226 valence electrons. The minimum absolute atomic E-state index is 0.0108. The molecule has 7 nitrogen and oxygen atoms in total. The predicted molar refractivity (Wildman–Crippen MR) is 165 cm³/mol. The van der Waals surface area contributed by atoms with Crippen LogP contribution in [0.4, 0.5) is 0 Å². The van der Waals surface area contributed by atoms with Gasteiger partial charge in [-0.05, 0) is 12.5 Å². The zero-order chi connectivity index (χ0) is 29.0. The SMILES string of the molecule is CCCCCCCCCCCCCCCCNC(=O)c1cc(OCC(O)CS(=O)CCO)c2ccccc2c1O. The van der Waals surface area contributed by atoms with Crippen molar-refractivity contribution in [1.82, 2.24) is 5.32 Å². The largest absolute Gasteiger partial charge is 0.506 e. The molecule has 0 saturated heterocycles. The van der Waals surface area contributed by atoms with Crippen LogP contribution < -0.4 is 10.1 Å². The second kappa shape index (κ2) is 20.7. The molecule has 8 heteroatoms. The lowest BCUT2D eigenvalue weighted by atomic mass is 10.0. The van der Waals surface area contributed by atoms with Gasteiger partial charge in [-0.2, -0.15) is 0 Å². The van der Waals surface area contributed by atoms with Gasteiger partial charge in [-0.3, -0.25) is 9.00 Å². The van der Waals surface area contributed by atoms with Crippen LogP contribution in [0.15, 0.2) is 30.3 Å². The molecule has 1 amide bonds. The third kappa shape index (κ3) is 13.0. The highest BCUT2D eigenvalue weighted by atomic mass is 32.2. The number of hydrogen-bond acceptors (Lipinski definition) is 6. The van der Waals surface area contributed by atoms with Crippen molar-refractivity contribution in [3.8, 4) is 11.5 Å². The topological polar surface area (TPSA) is 116 Å². The number of amides is 1. The van der Waals surface area contributed by atoms with E-state index in [-0.39, 0.29) is 41.9 Å². The highest BCUT2D eigenvalue weighted by Gasteiger charge is 2.19. The van der Waals surface area contributed by atoms with Crippen LogP contribution in [0.5, 0.6) is 11.5 Å². The van der Waals surface area contributed by atoms with Crippen LogP contribution in [0.2, 0.25) is 0 Å². The molecule has 2 aromatic rings. The lowest BCUT2D eigenvalue weighted by Crippen LogP contribution is -2.26. The molecule has 0 spiro atoms. The lowest BCUT2D eigenvalue weighted by molar-refractivity contribution is 0.0949. The first-order chi connectivity index (χ1) is 19.5. The molecule has 0 aliphatic rings. The monoisotopic (exact) mass is 577 g/mol. The van der Waals surface area contributed by atoms with E-state index in [0.717, 1.165) is 19.3 Å². The van der Waals surface area contributed by atoms with E-state index in [4.69, 9.17) is 9.84 Å². The van der Waals surface area contributed by atoms with Crippen LogP contribution in [0.25, 0.3) is 10.8 Å². The summed E-state index contributed by atoms with van der Waals surface area (Å²) in [6.07, 6.45) is 16.9. The van der Waals surface area contributed by atoms with E-state index in [1.807, 2.05) is 0 Å². The van der Waals surface area contributed by atoms with Crippen LogP contribution in [0.1, 0.15) is 107 Å². The summed E-state index contributed by atoms with van der Waals surface area (Å²) < 4.78 is 17.6. The minimum Gasteiger partial charge on any atom is -0.506 e. The van der Waals surface area contributed by atoms with E-state index in [1.54, 1.807) is 24.3 Å². The van der Waals surface area contributed by atoms with Gasteiger partial charge in [0, 0.05) is 33.9 Å². The number of benzene rings is 2. The third-order valence-electron chi connectivity index (χ3n) is 7.17. The number of aliphatic hydroxyl groups excluding tert-OH is 2. The molecule has 2 aromatic carbocycles. The first-order valence-corrected chi connectivity index (χ1v) is 16.8. The van der Waals surface area contributed by atoms with Gasteiger partial charge >= 0.3 is 0 Å². The van der Waals surface area contributed by atoms with E-state index >= 15 is 0 Å². The summed E-state index contributed by atoms with van der Waals surface area (Å²) in [7, 11) is -1.35. The molecule has 2 atom stereocenters. The molecule has 0 heterocycles. The van der Waals surface area contributed by atoms with Gasteiger partial charge in [0.15, 0.2) is 0 Å². The maximum Gasteiger partial charge on any atom is 0.255 e. The average Bonchev–Trinajstić information content (AvgIpc) is 2.95. The molecule has 0 aliphatic heterocycles. The smallest absolute Gasteiger partial charge is 0.255 e. The Balaban J connectivity index is 1.72. The molecule has 4 N–H and O–H groups in total. The molecule has 0 bridgehead atoms. The molecule has 0 radical (unpaired) electrons. The number of ether oxygens (including phenoxy) is 1. The second-order valence-electron chi connectivity index (χ2n) is 10.7. The number of phenols is 1. The Hall–Kier alpha value is -2.16. The number of aromatic hydroxyl groups is 1.